The van der Waals surface area contributed by atoms with E-state index >= 15 is 0 Å². The summed E-state index contributed by atoms with van der Waals surface area (Å²) >= 11 is 6.08. The van der Waals surface area contributed by atoms with Gasteiger partial charge in [0.25, 0.3) is 8.32 Å². The van der Waals surface area contributed by atoms with Crippen molar-refractivity contribution in [1.82, 2.24) is 24.6 Å². The second-order valence-electron chi connectivity index (χ2n) is 8.73. The van der Waals surface area contributed by atoms with Crippen LogP contribution in [0, 0.1) is 0 Å². The molecule has 0 radical (unpaired) electrons. The van der Waals surface area contributed by atoms with Crippen molar-refractivity contribution in [3.63, 3.8) is 0 Å². The number of halogens is 1. The molecule has 0 spiro atoms. The molecule has 154 valence electrons. The molecule has 0 unspecified atom stereocenters. The number of hydrogen-bond donors (Lipinski definition) is 0. The van der Waals surface area contributed by atoms with Crippen molar-refractivity contribution in [3.8, 4) is 28.3 Å². The second-order valence-corrected chi connectivity index (χ2v) is 13.8. The van der Waals surface area contributed by atoms with Gasteiger partial charge in [-0.05, 0) is 54.0 Å². The van der Waals surface area contributed by atoms with E-state index in [1.807, 2.05) is 24.3 Å². The van der Waals surface area contributed by atoms with Gasteiger partial charge in [0.1, 0.15) is 16.6 Å². The molecule has 0 bridgehead atoms. The van der Waals surface area contributed by atoms with Crippen LogP contribution in [0.1, 0.15) is 20.8 Å². The third-order valence-corrected chi connectivity index (χ3v) is 10.2. The van der Waals surface area contributed by atoms with E-state index in [-0.39, 0.29) is 5.04 Å². The molecular formula is C22H24ClN5OSi. The number of hydrogen-bond acceptors (Lipinski definition) is 5. The van der Waals surface area contributed by atoms with Gasteiger partial charge in [0.2, 0.25) is 0 Å². The van der Waals surface area contributed by atoms with Crippen LogP contribution in [0.15, 0.2) is 55.1 Å². The lowest BCUT2D eigenvalue weighted by molar-refractivity contribution is 0.492. The zero-order valence-corrected chi connectivity index (χ0v) is 19.5. The molecule has 0 N–H and O–H groups in total. The first-order valence-corrected chi connectivity index (χ1v) is 13.0. The minimum atomic E-state index is -2.01. The molecular weight excluding hydrogens is 414 g/mol. The SMILES string of the molecule is CC(C)(C)[Si](C)(C)Oc1cnccc1-c1ccnc(-c2cnc3ccc(Cl)nn23)c1. The van der Waals surface area contributed by atoms with Crippen molar-refractivity contribution < 1.29 is 4.43 Å². The van der Waals surface area contributed by atoms with E-state index in [0.717, 1.165) is 28.3 Å². The van der Waals surface area contributed by atoms with E-state index in [9.17, 15) is 0 Å². The maximum absolute atomic E-state index is 6.58. The zero-order chi connectivity index (χ0) is 21.5. The van der Waals surface area contributed by atoms with Crippen LogP contribution in [0.4, 0.5) is 0 Å². The molecule has 0 aliphatic carbocycles. The zero-order valence-electron chi connectivity index (χ0n) is 17.7. The summed E-state index contributed by atoms with van der Waals surface area (Å²) < 4.78 is 8.28. The Kier molecular flexibility index (Phi) is 5.11. The average molecular weight is 438 g/mol. The normalized spacial score (nSPS) is 12.3. The van der Waals surface area contributed by atoms with Gasteiger partial charge in [-0.1, -0.05) is 32.4 Å². The average Bonchev–Trinajstić information content (AvgIpc) is 3.10. The lowest BCUT2D eigenvalue weighted by atomic mass is 10.1. The monoisotopic (exact) mass is 437 g/mol. The van der Waals surface area contributed by atoms with E-state index in [1.165, 1.54) is 0 Å². The first kappa shape index (κ1) is 20.5. The van der Waals surface area contributed by atoms with Crippen LogP contribution >= 0.6 is 11.6 Å². The summed E-state index contributed by atoms with van der Waals surface area (Å²) in [4.78, 5) is 13.2. The van der Waals surface area contributed by atoms with Crippen LogP contribution in [-0.4, -0.2) is 32.9 Å². The molecule has 4 heterocycles. The third-order valence-electron chi connectivity index (χ3n) is 5.62. The fourth-order valence-electron chi connectivity index (χ4n) is 2.89. The van der Waals surface area contributed by atoms with Crippen LogP contribution in [0.25, 0.3) is 28.2 Å². The van der Waals surface area contributed by atoms with Gasteiger partial charge >= 0.3 is 0 Å². The molecule has 0 aliphatic heterocycles. The Morgan fingerprint density at radius 1 is 1.00 bits per heavy atom. The standard InChI is InChI=1S/C22H24ClN5OSi/c1-22(2,3)30(4,5)29-19-14-24-10-9-16(19)15-8-11-25-17(12-15)18-13-26-21-7-6-20(23)27-28(18)21/h6-14H,1-5H3. The number of nitrogens with zero attached hydrogens (tertiary/aromatic N) is 5. The fraction of sp³-hybridized carbons (Fsp3) is 0.273. The quantitative estimate of drug-likeness (QED) is 0.372. The van der Waals surface area contributed by atoms with Gasteiger partial charge in [0, 0.05) is 18.0 Å². The molecule has 30 heavy (non-hydrogen) atoms. The van der Waals surface area contributed by atoms with Crippen LogP contribution in [-0.2, 0) is 0 Å². The number of fused-ring (bicyclic) bond motifs is 1. The van der Waals surface area contributed by atoms with Crippen molar-refractivity contribution in [1.29, 1.82) is 0 Å². The molecule has 4 rings (SSSR count). The Morgan fingerprint density at radius 3 is 2.57 bits per heavy atom. The number of aromatic nitrogens is 5. The summed E-state index contributed by atoms with van der Waals surface area (Å²) in [6, 6.07) is 9.52. The van der Waals surface area contributed by atoms with E-state index in [2.05, 4.69) is 53.9 Å². The summed E-state index contributed by atoms with van der Waals surface area (Å²) in [6.07, 6.45) is 7.12. The largest absolute Gasteiger partial charge is 0.542 e. The van der Waals surface area contributed by atoms with Gasteiger partial charge in [-0.3, -0.25) is 9.97 Å². The number of rotatable bonds is 4. The number of pyridine rings is 2. The first-order chi connectivity index (χ1) is 14.2. The van der Waals surface area contributed by atoms with Crippen molar-refractivity contribution >= 4 is 25.6 Å². The van der Waals surface area contributed by atoms with Crippen LogP contribution in [0.5, 0.6) is 5.75 Å². The molecule has 0 atom stereocenters. The molecule has 0 saturated carbocycles. The van der Waals surface area contributed by atoms with E-state index in [0.29, 0.717) is 10.8 Å². The van der Waals surface area contributed by atoms with Gasteiger partial charge in [-0.2, -0.15) is 5.10 Å². The minimum Gasteiger partial charge on any atom is -0.542 e. The van der Waals surface area contributed by atoms with Crippen molar-refractivity contribution in [2.24, 2.45) is 0 Å². The summed E-state index contributed by atoms with van der Waals surface area (Å²) in [6.45, 7) is 11.1. The predicted octanol–water partition coefficient (Wildman–Crippen LogP) is 5.89. The van der Waals surface area contributed by atoms with E-state index < -0.39 is 8.32 Å². The maximum atomic E-state index is 6.58. The highest BCUT2D eigenvalue weighted by atomic mass is 35.5. The van der Waals surface area contributed by atoms with Gasteiger partial charge in [0.15, 0.2) is 5.65 Å². The summed E-state index contributed by atoms with van der Waals surface area (Å²) in [5.41, 5.74) is 4.22. The smallest absolute Gasteiger partial charge is 0.250 e. The maximum Gasteiger partial charge on any atom is 0.250 e. The number of imidazole rings is 1. The Hall–Kier alpha value is -2.77. The Balaban J connectivity index is 1.78. The molecule has 8 heteroatoms. The molecule has 4 aromatic rings. The highest BCUT2D eigenvalue weighted by Gasteiger charge is 2.39. The van der Waals surface area contributed by atoms with Crippen LogP contribution in [0.3, 0.4) is 0 Å². The molecule has 0 aromatic carbocycles. The molecule has 0 aliphatic rings. The summed E-state index contributed by atoms with van der Waals surface area (Å²) in [5, 5.41) is 4.85. The Bertz CT molecular complexity index is 1220. The molecule has 0 amide bonds. The van der Waals surface area contributed by atoms with Crippen molar-refractivity contribution in [2.75, 3.05) is 0 Å². The van der Waals surface area contributed by atoms with Gasteiger partial charge in [-0.15, -0.1) is 0 Å². The van der Waals surface area contributed by atoms with Gasteiger partial charge in [-0.25, -0.2) is 9.50 Å². The highest BCUT2D eigenvalue weighted by molar-refractivity contribution is 6.74. The lowest BCUT2D eigenvalue weighted by Gasteiger charge is -2.36. The molecule has 4 aromatic heterocycles. The van der Waals surface area contributed by atoms with Gasteiger partial charge in [0.05, 0.1) is 18.1 Å². The van der Waals surface area contributed by atoms with Crippen molar-refractivity contribution in [2.45, 2.75) is 38.9 Å². The summed E-state index contributed by atoms with van der Waals surface area (Å²) in [5.74, 6) is 0.792. The Labute approximate surface area is 182 Å². The van der Waals surface area contributed by atoms with Crippen LogP contribution < -0.4 is 4.43 Å². The van der Waals surface area contributed by atoms with E-state index in [4.69, 9.17) is 16.0 Å². The first-order valence-electron chi connectivity index (χ1n) is 9.76. The molecule has 6 nitrogen and oxygen atoms in total. The van der Waals surface area contributed by atoms with E-state index in [1.54, 1.807) is 35.4 Å². The second kappa shape index (κ2) is 7.48. The predicted molar refractivity (Wildman–Crippen MR) is 122 cm³/mol. The minimum absolute atomic E-state index is 0.0883. The van der Waals surface area contributed by atoms with Gasteiger partial charge < -0.3 is 4.43 Å². The van der Waals surface area contributed by atoms with Crippen molar-refractivity contribution in [3.05, 3.63) is 60.3 Å². The lowest BCUT2D eigenvalue weighted by Crippen LogP contribution is -2.44. The third kappa shape index (κ3) is 3.82. The fourth-order valence-corrected chi connectivity index (χ4v) is 4.05. The molecule has 0 fully saturated rings. The highest BCUT2D eigenvalue weighted by Crippen LogP contribution is 2.40. The summed E-state index contributed by atoms with van der Waals surface area (Å²) in [7, 11) is -2.01. The molecule has 0 saturated heterocycles. The topological polar surface area (TPSA) is 65.2 Å². The Morgan fingerprint density at radius 2 is 1.80 bits per heavy atom. The van der Waals surface area contributed by atoms with Crippen LogP contribution in [0.2, 0.25) is 23.3 Å².